The molecule has 12 nitrogen and oxygen atoms in total. The van der Waals surface area contributed by atoms with Crippen LogP contribution in [0.5, 0.6) is 0 Å². The van der Waals surface area contributed by atoms with Gasteiger partial charge in [0.1, 0.15) is 30.2 Å². The summed E-state index contributed by atoms with van der Waals surface area (Å²) in [6.45, 7) is 14.8. The Morgan fingerprint density at radius 3 is 2.34 bits per heavy atom. The van der Waals surface area contributed by atoms with Gasteiger partial charge < -0.3 is 38.8 Å². The summed E-state index contributed by atoms with van der Waals surface area (Å²) in [5, 5.41) is 22.6. The summed E-state index contributed by atoms with van der Waals surface area (Å²) in [6, 6.07) is -1.10. The summed E-state index contributed by atoms with van der Waals surface area (Å²) in [7, 11) is 2.91. The Morgan fingerprint density at radius 1 is 1.00 bits per heavy atom. The summed E-state index contributed by atoms with van der Waals surface area (Å²) >= 11 is 0. The minimum atomic E-state index is -2.57. The van der Waals surface area contributed by atoms with Crippen LogP contribution in [-0.4, -0.2) is 121 Å². The quantitative estimate of drug-likeness (QED) is 0.168. The molecule has 4 rings (SSSR count). The molecule has 13 heteroatoms. The highest BCUT2D eigenvalue weighted by molar-refractivity contribution is 6.39. The van der Waals surface area contributed by atoms with Crippen molar-refractivity contribution in [1.82, 2.24) is 4.90 Å². The second-order valence-electron chi connectivity index (χ2n) is 17.4. The van der Waals surface area contributed by atoms with Gasteiger partial charge in [-0.2, -0.15) is 0 Å². The molecule has 58 heavy (non-hydrogen) atoms. The van der Waals surface area contributed by atoms with Crippen molar-refractivity contribution >= 4 is 23.4 Å². The fourth-order valence-corrected chi connectivity index (χ4v) is 9.42. The Labute approximate surface area is 344 Å². The van der Waals surface area contributed by atoms with E-state index in [0.717, 1.165) is 5.57 Å². The molecule has 3 aliphatic heterocycles. The fraction of sp³-hybridized carbons (Fsp3) is 0.778. The van der Waals surface area contributed by atoms with E-state index in [-0.39, 0.29) is 56.0 Å². The lowest BCUT2D eigenvalue weighted by Crippen LogP contribution is -2.64. The van der Waals surface area contributed by atoms with Crippen LogP contribution < -0.4 is 0 Å². The van der Waals surface area contributed by atoms with Gasteiger partial charge in [0.15, 0.2) is 0 Å². The highest BCUT2D eigenvalue weighted by Crippen LogP contribution is 2.39. The van der Waals surface area contributed by atoms with Crippen LogP contribution in [0.3, 0.4) is 0 Å². The zero-order chi connectivity index (χ0) is 42.9. The van der Waals surface area contributed by atoms with Gasteiger partial charge in [0, 0.05) is 39.0 Å². The van der Waals surface area contributed by atoms with Crippen LogP contribution in [0.4, 0.5) is 4.39 Å². The third-order valence-corrected chi connectivity index (χ3v) is 13.1. The molecular formula is C45H70FNO11. The van der Waals surface area contributed by atoms with Crippen molar-refractivity contribution in [2.45, 2.75) is 167 Å². The zero-order valence-corrected chi connectivity index (χ0v) is 36.0. The molecule has 4 aliphatic rings. The van der Waals surface area contributed by atoms with Gasteiger partial charge in [-0.05, 0) is 107 Å². The number of halogens is 1. The molecule has 0 aromatic rings. The molecule has 14 unspecified atom stereocenters. The smallest absolute Gasteiger partial charge is 0.329 e. The predicted molar refractivity (Wildman–Crippen MR) is 216 cm³/mol. The molecule has 2 bridgehead atoms. The second-order valence-corrected chi connectivity index (χ2v) is 17.4. The number of fused-ring (bicyclic) bond motifs is 3. The number of nitrogens with zero attached hydrogens (tertiary/aromatic N) is 1. The molecule has 0 spiro atoms. The molecule has 3 fully saturated rings. The van der Waals surface area contributed by atoms with E-state index in [1.165, 1.54) is 19.1 Å². The van der Waals surface area contributed by atoms with Crippen molar-refractivity contribution in [3.63, 3.8) is 0 Å². The lowest BCUT2D eigenvalue weighted by atomic mass is 9.81. The Bertz CT molecular complexity index is 1500. The maximum absolute atomic E-state index is 16.2. The SMILES string of the molecule is C=CCOC1CC(C=C(C)C2OC(=O)C3CCCCN3C(=O)C(=O)C3(O)OC(C(OC)CC(C)C(F)C(C)=CC(CC)C(=O)CCC2C)C(OC)CC3C)CCC1O. The van der Waals surface area contributed by atoms with Crippen molar-refractivity contribution in [2.24, 2.45) is 29.6 Å². The topological polar surface area (TPSA) is 158 Å². The average Bonchev–Trinajstić information content (AvgIpc) is 3.22. The molecule has 1 aliphatic carbocycles. The van der Waals surface area contributed by atoms with E-state index in [9.17, 15) is 29.4 Å². The summed E-state index contributed by atoms with van der Waals surface area (Å²) < 4.78 is 46.1. The van der Waals surface area contributed by atoms with E-state index in [1.807, 2.05) is 20.8 Å². The number of allylic oxidation sites excluding steroid dienone is 3. The second kappa shape index (κ2) is 21.6. The third kappa shape index (κ3) is 11.3. The molecule has 14 atom stereocenters. The maximum atomic E-state index is 16.2. The number of cyclic esters (lactones) is 1. The van der Waals surface area contributed by atoms with Crippen LogP contribution in [0.1, 0.15) is 112 Å². The van der Waals surface area contributed by atoms with Crippen LogP contribution >= 0.6 is 0 Å². The summed E-state index contributed by atoms with van der Waals surface area (Å²) in [4.78, 5) is 57.7. The Hall–Kier alpha value is -2.81. The number of rotatable bonds is 8. The summed E-state index contributed by atoms with van der Waals surface area (Å²) in [5.41, 5.74) is 1.18. The van der Waals surface area contributed by atoms with E-state index < -0.39 is 83.9 Å². The number of piperidine rings is 1. The number of carbonyl (C=O) groups excluding carboxylic acids is 4. The minimum Gasteiger partial charge on any atom is -0.456 e. The van der Waals surface area contributed by atoms with Gasteiger partial charge in [-0.1, -0.05) is 45.9 Å². The van der Waals surface area contributed by atoms with E-state index in [4.69, 9.17) is 23.7 Å². The van der Waals surface area contributed by atoms with Crippen LogP contribution in [0.15, 0.2) is 36.0 Å². The highest BCUT2D eigenvalue weighted by atomic mass is 19.1. The van der Waals surface area contributed by atoms with E-state index in [0.29, 0.717) is 57.1 Å². The summed E-state index contributed by atoms with van der Waals surface area (Å²) in [5.74, 6) is -7.87. The van der Waals surface area contributed by atoms with Crippen molar-refractivity contribution in [1.29, 1.82) is 0 Å². The standard InChI is InChI=1S/C45H70FNO11/c1-10-20-56-36-25-31(16-18-35(36)49)21-29(6)40-26(3)15-17-34(48)32(11-2)22-27(4)39(46)28(5)23-37(54-8)41-38(55-9)24-30(7)45(53,58-41)42(50)43(51)47-19-13-12-14-33(47)44(52)57-40/h10,21-22,26,28,30-33,35-41,49,53H,1,11-20,23-25H2,2-9H3. The first-order valence-corrected chi connectivity index (χ1v) is 21.5. The molecule has 1 amide bonds. The number of methoxy groups -OCH3 is 2. The van der Waals surface area contributed by atoms with Gasteiger partial charge in [0.2, 0.25) is 5.79 Å². The number of alkyl halides is 1. The van der Waals surface area contributed by atoms with Gasteiger partial charge in [0.25, 0.3) is 11.7 Å². The maximum Gasteiger partial charge on any atom is 0.329 e. The molecule has 328 valence electrons. The lowest BCUT2D eigenvalue weighted by Gasteiger charge is -2.47. The van der Waals surface area contributed by atoms with Gasteiger partial charge in [-0.3, -0.25) is 14.4 Å². The van der Waals surface area contributed by atoms with Crippen LogP contribution in [-0.2, 0) is 42.9 Å². The van der Waals surface area contributed by atoms with E-state index in [2.05, 4.69) is 12.7 Å². The van der Waals surface area contributed by atoms with Gasteiger partial charge in [-0.25, -0.2) is 9.18 Å². The van der Waals surface area contributed by atoms with Crippen molar-refractivity contribution in [2.75, 3.05) is 27.4 Å². The number of hydrogen-bond acceptors (Lipinski definition) is 11. The predicted octanol–water partition coefficient (Wildman–Crippen LogP) is 6.01. The van der Waals surface area contributed by atoms with E-state index in [1.54, 1.807) is 32.9 Å². The van der Waals surface area contributed by atoms with Crippen LogP contribution in [0.2, 0.25) is 0 Å². The average molecular weight is 820 g/mol. The number of ether oxygens (including phenoxy) is 5. The van der Waals surface area contributed by atoms with Crippen molar-refractivity contribution in [3.8, 4) is 0 Å². The molecule has 3 heterocycles. The normalized spacial score (nSPS) is 39.6. The third-order valence-electron chi connectivity index (χ3n) is 13.1. The highest BCUT2D eigenvalue weighted by Gasteiger charge is 2.56. The number of aliphatic hydroxyl groups is 2. The van der Waals surface area contributed by atoms with Gasteiger partial charge >= 0.3 is 5.97 Å². The zero-order valence-electron chi connectivity index (χ0n) is 36.0. The van der Waals surface area contributed by atoms with Crippen molar-refractivity contribution in [3.05, 3.63) is 36.0 Å². The number of hydrogen-bond donors (Lipinski definition) is 2. The molecular weight excluding hydrogens is 749 g/mol. The number of esters is 1. The number of Topliss-reactive ketones (excluding diaryl/α,β-unsaturated/α-hetero) is 2. The largest absolute Gasteiger partial charge is 0.456 e. The summed E-state index contributed by atoms with van der Waals surface area (Å²) in [6.07, 6.45) is 4.19. The van der Waals surface area contributed by atoms with Crippen molar-refractivity contribution < 1.29 is 57.5 Å². The van der Waals surface area contributed by atoms with E-state index >= 15 is 4.39 Å². The Kier molecular flexibility index (Phi) is 17.8. The first kappa shape index (κ1) is 47.9. The molecule has 0 radical (unpaired) electrons. The number of amides is 1. The van der Waals surface area contributed by atoms with Gasteiger partial charge in [-0.15, -0.1) is 6.58 Å². The van der Waals surface area contributed by atoms with Crippen LogP contribution in [0.25, 0.3) is 0 Å². The molecule has 2 N–H and O–H groups in total. The van der Waals surface area contributed by atoms with Crippen LogP contribution in [0, 0.1) is 29.6 Å². The lowest BCUT2D eigenvalue weighted by molar-refractivity contribution is -0.302. The molecule has 1 saturated carbocycles. The first-order valence-electron chi connectivity index (χ1n) is 21.5. The first-order chi connectivity index (χ1) is 27.5. The minimum absolute atomic E-state index is 0.0207. The monoisotopic (exact) mass is 819 g/mol. The molecule has 0 aromatic heterocycles. The molecule has 2 saturated heterocycles. The number of ketones is 2. The Morgan fingerprint density at radius 2 is 1.69 bits per heavy atom. The number of carbonyl (C=O) groups is 4. The van der Waals surface area contributed by atoms with Gasteiger partial charge in [0.05, 0.1) is 31.0 Å². The fourth-order valence-electron chi connectivity index (χ4n) is 9.42. The number of aliphatic hydroxyl groups excluding tert-OH is 1. The Balaban J connectivity index is 1.75. The molecule has 0 aromatic carbocycles.